The highest BCUT2D eigenvalue weighted by Crippen LogP contribution is 2.13. The van der Waals surface area contributed by atoms with Crippen LogP contribution in [0.1, 0.15) is 24.5 Å². The first-order valence-electron chi connectivity index (χ1n) is 4.70. The molecule has 1 rings (SSSR count). The maximum Gasteiger partial charge on any atom is 0.0997 e. The summed E-state index contributed by atoms with van der Waals surface area (Å²) in [6.45, 7) is 2.62. The molecule has 0 saturated carbocycles. The van der Waals surface area contributed by atoms with E-state index in [2.05, 4.69) is 13.0 Å². The third-order valence-electron chi connectivity index (χ3n) is 2.16. The van der Waals surface area contributed by atoms with Crippen LogP contribution in [0.25, 0.3) is 6.08 Å². The van der Waals surface area contributed by atoms with Gasteiger partial charge in [0.05, 0.1) is 11.6 Å². The number of hydrogen-bond donors (Lipinski definition) is 1. The number of benzene rings is 1. The van der Waals surface area contributed by atoms with E-state index in [0.717, 1.165) is 17.6 Å². The lowest BCUT2D eigenvalue weighted by molar-refractivity contribution is 1.02. The van der Waals surface area contributed by atoms with Crippen LogP contribution in [0.5, 0.6) is 0 Å². The lowest BCUT2D eigenvalue weighted by atomic mass is 10.0. The Bertz CT molecular complexity index is 366. The molecule has 0 aliphatic rings. The third kappa shape index (κ3) is 2.45. The van der Waals surface area contributed by atoms with Gasteiger partial charge in [-0.15, -0.1) is 0 Å². The molecule has 14 heavy (non-hydrogen) atoms. The van der Waals surface area contributed by atoms with Crippen molar-refractivity contribution in [3.8, 4) is 6.07 Å². The minimum absolute atomic E-state index is 0.552. The average Bonchev–Trinajstić information content (AvgIpc) is 2.26. The molecule has 1 aromatic rings. The number of nitrogens with zero attached hydrogens (tertiary/aromatic N) is 1. The predicted octanol–water partition coefficient (Wildman–Crippen LogP) is 2.31. The van der Waals surface area contributed by atoms with Crippen LogP contribution in [-0.2, 0) is 0 Å². The quantitative estimate of drug-likeness (QED) is 0.787. The largest absolute Gasteiger partial charge is 0.327 e. The summed E-state index contributed by atoms with van der Waals surface area (Å²) < 4.78 is 0. The summed E-state index contributed by atoms with van der Waals surface area (Å²) >= 11 is 0. The number of hydrogen-bond acceptors (Lipinski definition) is 2. The Balaban J connectivity index is 3.08. The zero-order valence-corrected chi connectivity index (χ0v) is 8.33. The molecule has 0 radical (unpaired) electrons. The van der Waals surface area contributed by atoms with Crippen LogP contribution < -0.4 is 5.73 Å². The van der Waals surface area contributed by atoms with E-state index in [9.17, 15) is 0 Å². The van der Waals surface area contributed by atoms with Gasteiger partial charge in [0.2, 0.25) is 0 Å². The van der Waals surface area contributed by atoms with Crippen molar-refractivity contribution in [1.29, 1.82) is 5.26 Å². The van der Waals surface area contributed by atoms with Crippen molar-refractivity contribution in [3.63, 3.8) is 0 Å². The Hall–Kier alpha value is -1.59. The molecular weight excluding hydrogens is 172 g/mol. The minimum atomic E-state index is 0.552. The monoisotopic (exact) mass is 186 g/mol. The lowest BCUT2D eigenvalue weighted by Gasteiger charge is -2.01. The molecule has 0 unspecified atom stereocenters. The fourth-order valence-corrected chi connectivity index (χ4v) is 1.25. The second kappa shape index (κ2) is 5.21. The number of nitriles is 1. The van der Waals surface area contributed by atoms with Crippen LogP contribution in [0.15, 0.2) is 29.8 Å². The first-order chi connectivity index (χ1) is 6.81. The molecule has 0 aromatic heterocycles. The van der Waals surface area contributed by atoms with Crippen molar-refractivity contribution in [2.45, 2.75) is 13.3 Å². The topological polar surface area (TPSA) is 49.8 Å². The van der Waals surface area contributed by atoms with Crippen molar-refractivity contribution in [1.82, 2.24) is 0 Å². The summed E-state index contributed by atoms with van der Waals surface area (Å²) in [6, 6.07) is 9.71. The fraction of sp³-hybridized carbons (Fsp3) is 0.250. The van der Waals surface area contributed by atoms with Gasteiger partial charge in [-0.2, -0.15) is 5.26 Å². The van der Waals surface area contributed by atoms with Gasteiger partial charge in [-0.1, -0.05) is 36.8 Å². The van der Waals surface area contributed by atoms with Gasteiger partial charge in [0.15, 0.2) is 0 Å². The molecule has 0 amide bonds. The zero-order chi connectivity index (χ0) is 10.4. The first-order valence-corrected chi connectivity index (χ1v) is 4.70. The molecule has 0 saturated heterocycles. The molecule has 72 valence electrons. The van der Waals surface area contributed by atoms with Gasteiger partial charge in [-0.3, -0.25) is 0 Å². The average molecular weight is 186 g/mol. The van der Waals surface area contributed by atoms with E-state index >= 15 is 0 Å². The van der Waals surface area contributed by atoms with E-state index in [1.54, 1.807) is 0 Å². The highest BCUT2D eigenvalue weighted by Gasteiger charge is 1.98. The smallest absolute Gasteiger partial charge is 0.0997 e. The lowest BCUT2D eigenvalue weighted by Crippen LogP contribution is -2.01. The van der Waals surface area contributed by atoms with Crippen molar-refractivity contribution in [2.75, 3.05) is 6.54 Å². The molecule has 0 spiro atoms. The van der Waals surface area contributed by atoms with Crippen LogP contribution in [0, 0.1) is 11.3 Å². The summed E-state index contributed by atoms with van der Waals surface area (Å²) in [6.07, 6.45) is 2.93. The van der Waals surface area contributed by atoms with E-state index in [1.165, 1.54) is 0 Å². The highest BCUT2D eigenvalue weighted by atomic mass is 14.5. The van der Waals surface area contributed by atoms with Crippen LogP contribution in [-0.4, -0.2) is 6.54 Å². The van der Waals surface area contributed by atoms with Gasteiger partial charge in [0.1, 0.15) is 0 Å². The highest BCUT2D eigenvalue weighted by molar-refractivity contribution is 5.60. The van der Waals surface area contributed by atoms with Crippen molar-refractivity contribution >= 4 is 6.08 Å². The third-order valence-corrected chi connectivity index (χ3v) is 2.16. The van der Waals surface area contributed by atoms with Gasteiger partial charge in [0.25, 0.3) is 0 Å². The van der Waals surface area contributed by atoms with Crippen LogP contribution >= 0.6 is 0 Å². The summed E-state index contributed by atoms with van der Waals surface area (Å²) in [4.78, 5) is 0. The van der Waals surface area contributed by atoms with Gasteiger partial charge < -0.3 is 5.73 Å². The normalized spacial score (nSPS) is 11.1. The van der Waals surface area contributed by atoms with Gasteiger partial charge in [0, 0.05) is 6.54 Å². The van der Waals surface area contributed by atoms with Gasteiger partial charge >= 0.3 is 0 Å². The molecule has 2 N–H and O–H groups in total. The van der Waals surface area contributed by atoms with Crippen LogP contribution in [0.2, 0.25) is 0 Å². The predicted molar refractivity (Wildman–Crippen MR) is 58.5 cm³/mol. The van der Waals surface area contributed by atoms with Crippen molar-refractivity contribution in [3.05, 3.63) is 41.0 Å². The number of nitrogens with two attached hydrogens (primary N) is 1. The molecule has 0 atom stereocenters. The Labute approximate surface area is 84.7 Å². The molecule has 1 aromatic carbocycles. The molecular formula is C12H14N2. The molecule has 0 fully saturated rings. The second-order valence-corrected chi connectivity index (χ2v) is 3.06. The van der Waals surface area contributed by atoms with Crippen molar-refractivity contribution in [2.24, 2.45) is 5.73 Å². The first kappa shape index (κ1) is 10.5. The van der Waals surface area contributed by atoms with Crippen molar-refractivity contribution < 1.29 is 0 Å². The molecule has 0 heterocycles. The van der Waals surface area contributed by atoms with E-state index in [1.807, 2.05) is 30.3 Å². The minimum Gasteiger partial charge on any atom is -0.327 e. The SMILES string of the molecule is CC/C(=C/c1ccccc1C#N)CN. The summed E-state index contributed by atoms with van der Waals surface area (Å²) in [5.41, 5.74) is 8.39. The van der Waals surface area contributed by atoms with Crippen LogP contribution in [0.3, 0.4) is 0 Å². The maximum absolute atomic E-state index is 8.87. The van der Waals surface area contributed by atoms with Gasteiger partial charge in [-0.25, -0.2) is 0 Å². The Morgan fingerprint density at radius 1 is 1.50 bits per heavy atom. The Morgan fingerprint density at radius 3 is 2.79 bits per heavy atom. The molecule has 2 heteroatoms. The van der Waals surface area contributed by atoms with E-state index in [4.69, 9.17) is 11.0 Å². The fourth-order valence-electron chi connectivity index (χ4n) is 1.25. The molecule has 0 aliphatic heterocycles. The zero-order valence-electron chi connectivity index (χ0n) is 8.33. The van der Waals surface area contributed by atoms with Gasteiger partial charge in [-0.05, 0) is 18.1 Å². The molecule has 0 bridgehead atoms. The number of rotatable bonds is 3. The summed E-state index contributed by atoms with van der Waals surface area (Å²) in [7, 11) is 0. The molecule has 2 nitrogen and oxygen atoms in total. The van der Waals surface area contributed by atoms with Crippen LogP contribution in [0.4, 0.5) is 0 Å². The maximum atomic E-state index is 8.87. The Kier molecular flexibility index (Phi) is 3.90. The van der Waals surface area contributed by atoms with E-state index in [0.29, 0.717) is 12.1 Å². The van der Waals surface area contributed by atoms with E-state index in [-0.39, 0.29) is 0 Å². The summed E-state index contributed by atoms with van der Waals surface area (Å²) in [5.74, 6) is 0. The Morgan fingerprint density at radius 2 is 2.21 bits per heavy atom. The van der Waals surface area contributed by atoms with E-state index < -0.39 is 0 Å². The summed E-state index contributed by atoms with van der Waals surface area (Å²) in [5, 5.41) is 8.87. The second-order valence-electron chi connectivity index (χ2n) is 3.06. The standard InChI is InChI=1S/C12H14N2/c1-2-10(8-13)7-11-5-3-4-6-12(11)9-14/h3-7H,2,8,13H2,1H3/b10-7-. The molecule has 0 aliphatic carbocycles.